The summed E-state index contributed by atoms with van der Waals surface area (Å²) in [6.45, 7) is 0. The minimum atomic E-state index is 0.544. The first-order valence-electron chi connectivity index (χ1n) is 16.7. The van der Waals surface area contributed by atoms with Gasteiger partial charge in [0.05, 0.1) is 11.6 Å². The summed E-state index contributed by atoms with van der Waals surface area (Å²) in [4.78, 5) is 15.2. The van der Waals surface area contributed by atoms with Crippen LogP contribution in [0, 0.1) is 11.3 Å². The van der Waals surface area contributed by atoms with E-state index in [4.69, 9.17) is 19.4 Å². The monoisotopic (exact) mass is 652 g/mol. The third-order valence-corrected chi connectivity index (χ3v) is 9.15. The van der Waals surface area contributed by atoms with Crippen molar-refractivity contribution in [3.05, 3.63) is 175 Å². The summed E-state index contributed by atoms with van der Waals surface area (Å²) in [5, 5.41) is 11.6. The van der Waals surface area contributed by atoms with Crippen LogP contribution in [-0.2, 0) is 0 Å². The van der Waals surface area contributed by atoms with Crippen LogP contribution >= 0.6 is 0 Å². The lowest BCUT2D eigenvalue weighted by molar-refractivity contribution is 0.669. The number of hydrogen-bond acceptors (Lipinski definition) is 5. The smallest absolute Gasteiger partial charge is 0.164 e. The Bertz CT molecular complexity index is 2760. The summed E-state index contributed by atoms with van der Waals surface area (Å²) in [7, 11) is 0. The zero-order chi connectivity index (χ0) is 34.1. The molecule has 9 rings (SSSR count). The topological polar surface area (TPSA) is 75.6 Å². The predicted molar refractivity (Wildman–Crippen MR) is 204 cm³/mol. The molecule has 0 unspecified atom stereocenters. The van der Waals surface area contributed by atoms with Gasteiger partial charge in [0.1, 0.15) is 11.2 Å². The van der Waals surface area contributed by atoms with Crippen LogP contribution < -0.4 is 0 Å². The Labute approximate surface area is 294 Å². The molecule has 0 bridgehead atoms. The first-order chi connectivity index (χ1) is 25.2. The minimum Gasteiger partial charge on any atom is -0.456 e. The van der Waals surface area contributed by atoms with Gasteiger partial charge in [0.2, 0.25) is 0 Å². The zero-order valence-electron chi connectivity index (χ0n) is 27.4. The number of aromatic nitrogens is 3. The highest BCUT2D eigenvalue weighted by Crippen LogP contribution is 2.38. The van der Waals surface area contributed by atoms with Crippen molar-refractivity contribution in [1.29, 1.82) is 5.26 Å². The Hall–Kier alpha value is -7.16. The third kappa shape index (κ3) is 5.71. The molecule has 51 heavy (non-hydrogen) atoms. The fourth-order valence-corrected chi connectivity index (χ4v) is 6.66. The fraction of sp³-hybridized carbons (Fsp3) is 0. The van der Waals surface area contributed by atoms with Gasteiger partial charge in [0.25, 0.3) is 0 Å². The number of benzene rings is 7. The first kappa shape index (κ1) is 29.9. The summed E-state index contributed by atoms with van der Waals surface area (Å²) in [5.74, 6) is 1.66. The van der Waals surface area contributed by atoms with Crippen LogP contribution in [0.1, 0.15) is 5.56 Å². The standard InChI is InChI=1S/C46H28N4O/c47-29-30-11-7-16-33(25-30)35-18-9-20-37(27-35)45-48-44(36-19-8-17-34(26-36)31-12-3-1-4-13-31)49-46(50-45)38-23-24-40-42(28-38)51-41-22-10-21-39(43(40)41)32-14-5-2-6-15-32/h1-28H. The summed E-state index contributed by atoms with van der Waals surface area (Å²) in [6.07, 6.45) is 0. The van der Waals surface area contributed by atoms with Crippen molar-refractivity contribution in [1.82, 2.24) is 15.0 Å². The average Bonchev–Trinajstić information content (AvgIpc) is 3.60. The molecule has 2 aromatic heterocycles. The van der Waals surface area contributed by atoms with E-state index in [0.29, 0.717) is 23.0 Å². The molecule has 5 nitrogen and oxygen atoms in total. The van der Waals surface area contributed by atoms with Gasteiger partial charge >= 0.3 is 0 Å². The minimum absolute atomic E-state index is 0.544. The second-order valence-corrected chi connectivity index (χ2v) is 12.4. The Morgan fingerprint density at radius 3 is 1.55 bits per heavy atom. The molecule has 0 N–H and O–H groups in total. The van der Waals surface area contributed by atoms with Crippen LogP contribution in [-0.4, -0.2) is 15.0 Å². The third-order valence-electron chi connectivity index (χ3n) is 9.15. The molecule has 9 aromatic rings. The van der Waals surface area contributed by atoms with Crippen LogP contribution in [0.4, 0.5) is 0 Å². The first-order valence-corrected chi connectivity index (χ1v) is 16.7. The highest BCUT2D eigenvalue weighted by atomic mass is 16.3. The van der Waals surface area contributed by atoms with E-state index in [1.807, 2.05) is 97.1 Å². The van der Waals surface area contributed by atoms with Crippen LogP contribution in [0.15, 0.2) is 174 Å². The van der Waals surface area contributed by atoms with E-state index in [0.717, 1.165) is 72.0 Å². The van der Waals surface area contributed by atoms with Gasteiger partial charge in [-0.05, 0) is 75.8 Å². The highest BCUT2D eigenvalue weighted by Gasteiger charge is 2.17. The van der Waals surface area contributed by atoms with Crippen molar-refractivity contribution < 1.29 is 4.42 Å². The molecule has 2 heterocycles. The van der Waals surface area contributed by atoms with E-state index in [-0.39, 0.29) is 0 Å². The lowest BCUT2D eigenvalue weighted by Crippen LogP contribution is -2.00. The fourth-order valence-electron chi connectivity index (χ4n) is 6.66. The van der Waals surface area contributed by atoms with Crippen molar-refractivity contribution in [2.75, 3.05) is 0 Å². The van der Waals surface area contributed by atoms with E-state index < -0.39 is 0 Å². The predicted octanol–water partition coefficient (Wildman–Crippen LogP) is 11.6. The maximum Gasteiger partial charge on any atom is 0.164 e. The van der Waals surface area contributed by atoms with Gasteiger partial charge in [-0.1, -0.05) is 127 Å². The van der Waals surface area contributed by atoms with Crippen LogP contribution in [0.2, 0.25) is 0 Å². The summed E-state index contributed by atoms with van der Waals surface area (Å²) >= 11 is 0. The molecular weight excluding hydrogens is 625 g/mol. The highest BCUT2D eigenvalue weighted by molar-refractivity contribution is 6.13. The Balaban J connectivity index is 1.21. The summed E-state index contributed by atoms with van der Waals surface area (Å²) < 4.78 is 6.46. The molecule has 0 amide bonds. The van der Waals surface area contributed by atoms with E-state index >= 15 is 0 Å². The Kier molecular flexibility index (Phi) is 7.46. The number of fused-ring (bicyclic) bond motifs is 3. The number of nitriles is 1. The zero-order valence-corrected chi connectivity index (χ0v) is 27.4. The molecule has 0 aliphatic carbocycles. The number of furan rings is 1. The number of rotatable bonds is 6. The molecule has 7 aromatic carbocycles. The molecule has 0 aliphatic rings. The van der Waals surface area contributed by atoms with Crippen molar-refractivity contribution in [2.24, 2.45) is 0 Å². The second-order valence-electron chi connectivity index (χ2n) is 12.4. The molecule has 0 fully saturated rings. The van der Waals surface area contributed by atoms with Crippen molar-refractivity contribution in [3.63, 3.8) is 0 Å². The molecule has 0 aliphatic heterocycles. The molecule has 0 radical (unpaired) electrons. The Morgan fingerprint density at radius 1 is 0.392 bits per heavy atom. The molecule has 238 valence electrons. The molecule has 0 atom stereocenters. The quantitative estimate of drug-likeness (QED) is 0.179. The van der Waals surface area contributed by atoms with E-state index in [2.05, 4.69) is 78.9 Å². The van der Waals surface area contributed by atoms with Gasteiger partial charge in [0.15, 0.2) is 17.5 Å². The van der Waals surface area contributed by atoms with Gasteiger partial charge in [-0.2, -0.15) is 5.26 Å². The maximum atomic E-state index is 9.50. The summed E-state index contributed by atoms with van der Waals surface area (Å²) in [6, 6.07) is 59.3. The van der Waals surface area contributed by atoms with E-state index in [1.165, 1.54) is 0 Å². The van der Waals surface area contributed by atoms with E-state index in [1.54, 1.807) is 0 Å². The molecule has 0 spiro atoms. The van der Waals surface area contributed by atoms with Crippen LogP contribution in [0.25, 0.3) is 89.5 Å². The van der Waals surface area contributed by atoms with Gasteiger partial charge in [-0.25, -0.2) is 15.0 Å². The van der Waals surface area contributed by atoms with Crippen molar-refractivity contribution >= 4 is 21.9 Å². The molecule has 0 saturated carbocycles. The lowest BCUT2D eigenvalue weighted by Gasteiger charge is -2.11. The van der Waals surface area contributed by atoms with Gasteiger partial charge < -0.3 is 4.42 Å². The van der Waals surface area contributed by atoms with Gasteiger partial charge in [-0.15, -0.1) is 0 Å². The van der Waals surface area contributed by atoms with E-state index in [9.17, 15) is 5.26 Å². The van der Waals surface area contributed by atoms with Crippen LogP contribution in [0.3, 0.4) is 0 Å². The maximum absolute atomic E-state index is 9.50. The SMILES string of the molecule is N#Cc1cccc(-c2cccc(-c3nc(-c4cccc(-c5ccccc5)c4)nc(-c4ccc5c(c4)oc4cccc(-c6ccccc6)c45)n3)c2)c1. The molecule has 0 saturated heterocycles. The number of nitrogens with zero attached hydrogens (tertiary/aromatic N) is 4. The Morgan fingerprint density at radius 2 is 0.902 bits per heavy atom. The van der Waals surface area contributed by atoms with Crippen molar-refractivity contribution in [2.45, 2.75) is 0 Å². The largest absolute Gasteiger partial charge is 0.456 e. The van der Waals surface area contributed by atoms with Gasteiger partial charge in [-0.3, -0.25) is 0 Å². The lowest BCUT2D eigenvalue weighted by atomic mass is 9.99. The second kappa shape index (κ2) is 12.7. The normalized spacial score (nSPS) is 11.1. The van der Waals surface area contributed by atoms with Crippen LogP contribution in [0.5, 0.6) is 0 Å². The number of hydrogen-bond donors (Lipinski definition) is 0. The molecular formula is C46H28N4O. The molecule has 5 heteroatoms. The van der Waals surface area contributed by atoms with Crippen molar-refractivity contribution in [3.8, 4) is 73.6 Å². The summed E-state index contributed by atoms with van der Waals surface area (Å²) in [5.41, 5.74) is 11.1. The van der Waals surface area contributed by atoms with Gasteiger partial charge in [0, 0.05) is 27.5 Å². The average molecular weight is 653 g/mol.